The van der Waals surface area contributed by atoms with E-state index in [4.69, 9.17) is 6.42 Å². The molecule has 0 radical (unpaired) electrons. The summed E-state index contributed by atoms with van der Waals surface area (Å²) in [5.74, 6) is 9.51. The van der Waals surface area contributed by atoms with Crippen molar-refractivity contribution in [3.05, 3.63) is 11.6 Å². The van der Waals surface area contributed by atoms with E-state index in [0.29, 0.717) is 10.8 Å². The Balaban J connectivity index is 1.48. The largest absolute Gasteiger partial charge is 0.115 e. The molecule has 3 saturated carbocycles. The SMILES string of the molecule is C#CC1=CC[C@@]2(C)[C@@H](CC[C@@H]3[C@@H]2CC[C@]2(C)[C@@H]([C@H](C)CCCC(C)C)CC[C@@H]32)C1. The van der Waals surface area contributed by atoms with Gasteiger partial charge >= 0.3 is 0 Å². The molecule has 0 spiro atoms. The summed E-state index contributed by atoms with van der Waals surface area (Å²) in [7, 11) is 0. The summed E-state index contributed by atoms with van der Waals surface area (Å²) in [5.41, 5.74) is 2.43. The molecule has 162 valence electrons. The van der Waals surface area contributed by atoms with Crippen LogP contribution in [-0.2, 0) is 0 Å². The molecule has 0 amide bonds. The van der Waals surface area contributed by atoms with Crippen LogP contribution in [0.15, 0.2) is 11.6 Å². The Kier molecular flexibility index (Phi) is 6.01. The summed E-state index contributed by atoms with van der Waals surface area (Å²) in [5, 5.41) is 0. The van der Waals surface area contributed by atoms with Crippen molar-refractivity contribution < 1.29 is 0 Å². The third-order valence-electron chi connectivity index (χ3n) is 10.7. The van der Waals surface area contributed by atoms with Gasteiger partial charge in [0.15, 0.2) is 0 Å². The molecule has 0 heterocycles. The Hall–Kier alpha value is -0.700. The van der Waals surface area contributed by atoms with Gasteiger partial charge in [-0.25, -0.2) is 0 Å². The second kappa shape index (κ2) is 8.09. The highest BCUT2D eigenvalue weighted by Crippen LogP contribution is 2.68. The molecular weight excluding hydrogens is 348 g/mol. The first-order valence-corrected chi connectivity index (χ1v) is 12.9. The molecule has 4 aliphatic rings. The number of fused-ring (bicyclic) bond motifs is 5. The van der Waals surface area contributed by atoms with E-state index in [1.807, 2.05) is 0 Å². The number of terminal acetylenes is 1. The van der Waals surface area contributed by atoms with Gasteiger partial charge in [-0.15, -0.1) is 6.42 Å². The highest BCUT2D eigenvalue weighted by atomic mass is 14.6. The van der Waals surface area contributed by atoms with Crippen LogP contribution in [0, 0.1) is 64.6 Å². The number of allylic oxidation sites excluding steroid dienone is 2. The van der Waals surface area contributed by atoms with E-state index < -0.39 is 0 Å². The smallest absolute Gasteiger partial charge is 0.00191 e. The van der Waals surface area contributed by atoms with Crippen LogP contribution in [0.2, 0.25) is 0 Å². The van der Waals surface area contributed by atoms with Crippen LogP contribution in [-0.4, -0.2) is 0 Å². The van der Waals surface area contributed by atoms with E-state index in [0.717, 1.165) is 41.4 Å². The van der Waals surface area contributed by atoms with Crippen LogP contribution < -0.4 is 0 Å². The molecule has 0 aromatic rings. The molecule has 0 heteroatoms. The van der Waals surface area contributed by atoms with E-state index in [1.54, 1.807) is 0 Å². The number of hydrogen-bond donors (Lipinski definition) is 0. The molecule has 0 bridgehead atoms. The van der Waals surface area contributed by atoms with Crippen molar-refractivity contribution in [2.45, 2.75) is 105 Å². The summed E-state index contributed by atoms with van der Waals surface area (Å²) in [6.45, 7) is 12.7. The molecule has 8 atom stereocenters. The standard InChI is InChI=1S/C29H46/c1-7-22-15-17-28(5)23(19-22)11-12-24-26-14-13-25(21(4)10-8-9-20(2)3)29(26,6)18-16-27(24)28/h1,15,20-21,23-27H,8-14,16-19H2,2-6H3/t21-,23+,24+,25-,26+,27+,28+,29-/m1/s1. The average molecular weight is 395 g/mol. The molecule has 3 fully saturated rings. The van der Waals surface area contributed by atoms with E-state index in [9.17, 15) is 0 Å². The van der Waals surface area contributed by atoms with E-state index in [1.165, 1.54) is 76.2 Å². The molecule has 0 N–H and O–H groups in total. The van der Waals surface area contributed by atoms with Crippen molar-refractivity contribution in [3.8, 4) is 12.3 Å². The molecule has 0 aromatic carbocycles. The minimum Gasteiger partial charge on any atom is -0.115 e. The van der Waals surface area contributed by atoms with Gasteiger partial charge in [-0.1, -0.05) is 65.9 Å². The number of rotatable bonds is 5. The average Bonchev–Trinajstić information content (AvgIpc) is 3.04. The van der Waals surface area contributed by atoms with Gasteiger partial charge in [0.1, 0.15) is 0 Å². The third-order valence-corrected chi connectivity index (χ3v) is 10.7. The Morgan fingerprint density at radius 2 is 1.76 bits per heavy atom. The Bertz CT molecular complexity index is 662. The van der Waals surface area contributed by atoms with Gasteiger partial charge in [-0.05, 0) is 109 Å². The van der Waals surface area contributed by atoms with E-state index in [2.05, 4.69) is 46.6 Å². The maximum atomic E-state index is 5.76. The fraction of sp³-hybridized carbons (Fsp3) is 0.862. The van der Waals surface area contributed by atoms with Gasteiger partial charge in [0.05, 0.1) is 0 Å². The molecule has 0 aliphatic heterocycles. The van der Waals surface area contributed by atoms with Crippen LogP contribution in [0.5, 0.6) is 0 Å². The molecule has 29 heavy (non-hydrogen) atoms. The quantitative estimate of drug-likeness (QED) is 0.411. The lowest BCUT2D eigenvalue weighted by Gasteiger charge is -2.60. The summed E-state index contributed by atoms with van der Waals surface area (Å²) in [4.78, 5) is 0. The predicted molar refractivity (Wildman–Crippen MR) is 125 cm³/mol. The molecule has 0 aromatic heterocycles. The summed E-state index contributed by atoms with van der Waals surface area (Å²) in [6.07, 6.45) is 23.8. The zero-order valence-electron chi connectivity index (χ0n) is 20.0. The van der Waals surface area contributed by atoms with E-state index in [-0.39, 0.29) is 0 Å². The minimum absolute atomic E-state index is 0.519. The van der Waals surface area contributed by atoms with Gasteiger partial charge in [0, 0.05) is 0 Å². The first kappa shape index (κ1) is 21.5. The molecule has 0 saturated heterocycles. The predicted octanol–water partition coefficient (Wildman–Crippen LogP) is 8.28. The van der Waals surface area contributed by atoms with Crippen LogP contribution in [0.1, 0.15) is 105 Å². The van der Waals surface area contributed by atoms with Crippen molar-refractivity contribution in [1.29, 1.82) is 0 Å². The van der Waals surface area contributed by atoms with Gasteiger partial charge < -0.3 is 0 Å². The van der Waals surface area contributed by atoms with Crippen LogP contribution in [0.25, 0.3) is 0 Å². The lowest BCUT2D eigenvalue weighted by molar-refractivity contribution is -0.101. The Morgan fingerprint density at radius 3 is 2.48 bits per heavy atom. The van der Waals surface area contributed by atoms with Gasteiger partial charge in [-0.3, -0.25) is 0 Å². The Morgan fingerprint density at radius 1 is 1.00 bits per heavy atom. The second-order valence-corrected chi connectivity index (χ2v) is 12.5. The van der Waals surface area contributed by atoms with Crippen molar-refractivity contribution in [2.75, 3.05) is 0 Å². The summed E-state index contributed by atoms with van der Waals surface area (Å²) < 4.78 is 0. The summed E-state index contributed by atoms with van der Waals surface area (Å²) >= 11 is 0. The third kappa shape index (κ3) is 3.64. The molecule has 4 rings (SSSR count). The zero-order chi connectivity index (χ0) is 20.8. The lowest BCUT2D eigenvalue weighted by atomic mass is 9.45. The molecule has 0 nitrogen and oxygen atoms in total. The highest BCUT2D eigenvalue weighted by Gasteiger charge is 2.60. The van der Waals surface area contributed by atoms with Gasteiger partial charge in [0.25, 0.3) is 0 Å². The van der Waals surface area contributed by atoms with Crippen molar-refractivity contribution in [2.24, 2.45) is 52.3 Å². The fourth-order valence-electron chi connectivity index (χ4n) is 9.02. The maximum absolute atomic E-state index is 5.76. The van der Waals surface area contributed by atoms with Crippen LogP contribution >= 0.6 is 0 Å². The molecule has 4 aliphatic carbocycles. The van der Waals surface area contributed by atoms with Gasteiger partial charge in [0.2, 0.25) is 0 Å². The van der Waals surface area contributed by atoms with Crippen molar-refractivity contribution in [3.63, 3.8) is 0 Å². The fourth-order valence-corrected chi connectivity index (χ4v) is 9.02. The van der Waals surface area contributed by atoms with Crippen molar-refractivity contribution >= 4 is 0 Å². The second-order valence-electron chi connectivity index (χ2n) is 12.5. The molecule has 0 unspecified atom stereocenters. The highest BCUT2D eigenvalue weighted by molar-refractivity contribution is 5.29. The maximum Gasteiger partial charge on any atom is -0.00191 e. The van der Waals surface area contributed by atoms with Crippen LogP contribution in [0.3, 0.4) is 0 Å². The zero-order valence-corrected chi connectivity index (χ0v) is 20.0. The number of hydrogen-bond acceptors (Lipinski definition) is 0. The van der Waals surface area contributed by atoms with E-state index >= 15 is 0 Å². The monoisotopic (exact) mass is 394 g/mol. The van der Waals surface area contributed by atoms with Crippen molar-refractivity contribution in [1.82, 2.24) is 0 Å². The van der Waals surface area contributed by atoms with Gasteiger partial charge in [-0.2, -0.15) is 0 Å². The summed E-state index contributed by atoms with van der Waals surface area (Å²) in [6, 6.07) is 0. The van der Waals surface area contributed by atoms with Crippen LogP contribution in [0.4, 0.5) is 0 Å². The molecular formula is C29H46. The lowest BCUT2D eigenvalue weighted by Crippen LogP contribution is -2.52. The Labute approximate surface area is 181 Å². The normalized spacial score (nSPS) is 45.0. The topological polar surface area (TPSA) is 0 Å². The first-order chi connectivity index (χ1) is 13.8. The minimum atomic E-state index is 0.519. The first-order valence-electron chi connectivity index (χ1n) is 12.9.